The van der Waals surface area contributed by atoms with Gasteiger partial charge in [-0.15, -0.1) is 0 Å². The number of hydrogen-bond acceptors (Lipinski definition) is 3. The van der Waals surface area contributed by atoms with Gasteiger partial charge in [0.15, 0.2) is 0 Å². The van der Waals surface area contributed by atoms with Crippen molar-refractivity contribution in [1.82, 2.24) is 10.1 Å². The maximum absolute atomic E-state index is 11.8. The molecule has 0 aliphatic heterocycles. The first-order valence-electron chi connectivity index (χ1n) is 7.41. The van der Waals surface area contributed by atoms with Crippen molar-refractivity contribution in [3.63, 3.8) is 0 Å². The standard InChI is InChI=1S/C14H16N2O3.C3H8/c1-9-4-5-12(6-10(9)2)13-7-16(19-14(13)18)8-15-11(3)17;1-3-2/h4-7H,8H2,1-3H3,(H,15,17);3H2,1-2H3. The van der Waals surface area contributed by atoms with E-state index < -0.39 is 5.63 Å². The Kier molecular flexibility index (Phi) is 6.63. The quantitative estimate of drug-likeness (QED) is 0.946. The van der Waals surface area contributed by atoms with E-state index in [0.29, 0.717) is 5.56 Å². The maximum Gasteiger partial charge on any atom is 0.365 e. The molecule has 22 heavy (non-hydrogen) atoms. The van der Waals surface area contributed by atoms with Crippen LogP contribution in [-0.4, -0.2) is 10.6 Å². The van der Waals surface area contributed by atoms with Crippen LogP contribution in [0.4, 0.5) is 0 Å². The third kappa shape index (κ3) is 4.91. The molecule has 0 radical (unpaired) electrons. The highest BCUT2D eigenvalue weighted by atomic mass is 16.5. The lowest BCUT2D eigenvalue weighted by Gasteiger charge is -2.02. The maximum atomic E-state index is 11.8. The monoisotopic (exact) mass is 304 g/mol. The van der Waals surface area contributed by atoms with E-state index in [1.54, 1.807) is 6.20 Å². The SMILES string of the molecule is CC(=O)NCn1cc(-c2ccc(C)c(C)c2)c(=O)o1.CCC. The summed E-state index contributed by atoms with van der Waals surface area (Å²) in [6.45, 7) is 9.82. The van der Waals surface area contributed by atoms with Crippen LogP contribution in [0, 0.1) is 13.8 Å². The molecular formula is C17H24N2O3. The molecule has 2 aromatic rings. The highest BCUT2D eigenvalue weighted by molar-refractivity contribution is 5.72. The molecule has 0 fully saturated rings. The third-order valence-corrected chi connectivity index (χ3v) is 2.99. The van der Waals surface area contributed by atoms with Crippen molar-refractivity contribution in [2.45, 2.75) is 47.7 Å². The molecule has 0 aliphatic rings. The molecule has 0 unspecified atom stereocenters. The number of aromatic nitrogens is 1. The number of nitrogens with zero attached hydrogens (tertiary/aromatic N) is 1. The molecular weight excluding hydrogens is 280 g/mol. The first kappa shape index (κ1) is 17.8. The Balaban J connectivity index is 0.000000745. The van der Waals surface area contributed by atoms with Crippen LogP contribution in [0.1, 0.15) is 38.3 Å². The summed E-state index contributed by atoms with van der Waals surface area (Å²) in [6.07, 6.45) is 2.85. The first-order valence-corrected chi connectivity index (χ1v) is 7.41. The Labute approximate surface area is 130 Å². The highest BCUT2D eigenvalue weighted by Gasteiger charge is 2.10. The summed E-state index contributed by atoms with van der Waals surface area (Å²) in [5.74, 6) is -0.177. The number of aryl methyl sites for hydroxylation is 2. The second-order valence-electron chi connectivity index (χ2n) is 5.24. The Bertz CT molecular complexity index is 683. The van der Waals surface area contributed by atoms with E-state index >= 15 is 0 Å². The normalized spacial score (nSPS) is 9.86. The number of carbonyl (C=O) groups is 1. The molecule has 1 amide bonds. The van der Waals surface area contributed by atoms with Gasteiger partial charge in [0.2, 0.25) is 5.91 Å². The molecule has 1 aromatic carbocycles. The van der Waals surface area contributed by atoms with Gasteiger partial charge in [-0.3, -0.25) is 4.79 Å². The molecule has 1 N–H and O–H groups in total. The van der Waals surface area contributed by atoms with Gasteiger partial charge in [-0.25, -0.2) is 4.79 Å². The molecule has 0 bridgehead atoms. The fourth-order valence-electron chi connectivity index (χ4n) is 1.75. The van der Waals surface area contributed by atoms with Crippen molar-refractivity contribution in [2.75, 3.05) is 0 Å². The fourth-order valence-corrected chi connectivity index (χ4v) is 1.75. The van der Waals surface area contributed by atoms with Gasteiger partial charge in [-0.05, 0) is 30.5 Å². The highest BCUT2D eigenvalue weighted by Crippen LogP contribution is 2.19. The minimum atomic E-state index is -0.409. The van der Waals surface area contributed by atoms with Crippen molar-refractivity contribution in [3.8, 4) is 11.1 Å². The summed E-state index contributed by atoms with van der Waals surface area (Å²) in [7, 11) is 0. The van der Waals surface area contributed by atoms with Crippen molar-refractivity contribution < 1.29 is 9.32 Å². The molecule has 5 nitrogen and oxygen atoms in total. The number of benzene rings is 1. The van der Waals surface area contributed by atoms with E-state index in [9.17, 15) is 9.59 Å². The summed E-state index contributed by atoms with van der Waals surface area (Å²) in [5, 5.41) is 2.57. The fraction of sp³-hybridized carbons (Fsp3) is 0.412. The molecule has 2 rings (SSSR count). The van der Waals surface area contributed by atoms with Gasteiger partial charge in [0.1, 0.15) is 6.67 Å². The third-order valence-electron chi connectivity index (χ3n) is 2.99. The van der Waals surface area contributed by atoms with E-state index in [1.807, 2.05) is 32.0 Å². The summed E-state index contributed by atoms with van der Waals surface area (Å²) < 4.78 is 6.35. The van der Waals surface area contributed by atoms with Gasteiger partial charge in [0, 0.05) is 6.92 Å². The lowest BCUT2D eigenvalue weighted by molar-refractivity contribution is -0.119. The van der Waals surface area contributed by atoms with Gasteiger partial charge in [-0.1, -0.05) is 38.5 Å². The molecule has 1 heterocycles. The molecule has 0 aliphatic carbocycles. The van der Waals surface area contributed by atoms with Crippen LogP contribution in [0.2, 0.25) is 0 Å². The van der Waals surface area contributed by atoms with Crippen LogP contribution >= 0.6 is 0 Å². The first-order chi connectivity index (χ1) is 10.4. The van der Waals surface area contributed by atoms with Crippen molar-refractivity contribution in [3.05, 3.63) is 45.9 Å². The molecule has 120 valence electrons. The molecule has 0 atom stereocenters. The minimum absolute atomic E-state index is 0.148. The van der Waals surface area contributed by atoms with E-state index in [2.05, 4.69) is 19.2 Å². The van der Waals surface area contributed by atoms with Gasteiger partial charge in [0.25, 0.3) is 0 Å². The Morgan fingerprint density at radius 1 is 1.23 bits per heavy atom. The summed E-state index contributed by atoms with van der Waals surface area (Å²) >= 11 is 0. The Morgan fingerprint density at radius 3 is 2.41 bits per heavy atom. The molecule has 1 aromatic heterocycles. The van der Waals surface area contributed by atoms with Crippen LogP contribution in [0.15, 0.2) is 33.7 Å². The minimum Gasteiger partial charge on any atom is -0.336 e. The lowest BCUT2D eigenvalue weighted by Crippen LogP contribution is -2.22. The van der Waals surface area contributed by atoms with Crippen LogP contribution in [0.5, 0.6) is 0 Å². The number of hydrogen-bond donors (Lipinski definition) is 1. The van der Waals surface area contributed by atoms with E-state index in [-0.39, 0.29) is 12.6 Å². The number of rotatable bonds is 3. The van der Waals surface area contributed by atoms with Crippen molar-refractivity contribution in [1.29, 1.82) is 0 Å². The van der Waals surface area contributed by atoms with E-state index in [0.717, 1.165) is 11.1 Å². The molecule has 0 saturated heterocycles. The second kappa shape index (κ2) is 8.22. The van der Waals surface area contributed by atoms with Crippen molar-refractivity contribution in [2.24, 2.45) is 0 Å². The predicted molar refractivity (Wildman–Crippen MR) is 87.7 cm³/mol. The van der Waals surface area contributed by atoms with Crippen LogP contribution < -0.4 is 10.9 Å². The van der Waals surface area contributed by atoms with Crippen LogP contribution in [-0.2, 0) is 11.5 Å². The van der Waals surface area contributed by atoms with Gasteiger partial charge in [0.05, 0.1) is 11.8 Å². The molecule has 0 saturated carbocycles. The smallest absolute Gasteiger partial charge is 0.336 e. The van der Waals surface area contributed by atoms with Crippen LogP contribution in [0.25, 0.3) is 11.1 Å². The molecule has 0 spiro atoms. The summed E-state index contributed by atoms with van der Waals surface area (Å²) in [6, 6.07) is 5.80. The number of amides is 1. The number of nitrogens with one attached hydrogen (secondary N) is 1. The Hall–Kier alpha value is -2.30. The largest absolute Gasteiger partial charge is 0.365 e. The van der Waals surface area contributed by atoms with Gasteiger partial charge < -0.3 is 9.84 Å². The van der Waals surface area contributed by atoms with Gasteiger partial charge >= 0.3 is 5.63 Å². The lowest BCUT2D eigenvalue weighted by atomic mass is 10.0. The molecule has 5 heteroatoms. The van der Waals surface area contributed by atoms with Crippen LogP contribution in [0.3, 0.4) is 0 Å². The zero-order valence-electron chi connectivity index (χ0n) is 13.9. The second-order valence-corrected chi connectivity index (χ2v) is 5.24. The predicted octanol–water partition coefficient (Wildman–Crippen LogP) is 3.24. The van der Waals surface area contributed by atoms with E-state index in [1.165, 1.54) is 23.6 Å². The zero-order valence-corrected chi connectivity index (χ0v) is 13.9. The average Bonchev–Trinajstić information content (AvgIpc) is 2.82. The van der Waals surface area contributed by atoms with E-state index in [4.69, 9.17) is 4.52 Å². The summed E-state index contributed by atoms with van der Waals surface area (Å²) in [4.78, 5) is 22.6. The topological polar surface area (TPSA) is 64.2 Å². The Morgan fingerprint density at radius 2 is 1.86 bits per heavy atom. The number of carbonyl (C=O) groups excluding carboxylic acids is 1. The average molecular weight is 304 g/mol. The van der Waals surface area contributed by atoms with Gasteiger partial charge in [-0.2, -0.15) is 4.74 Å². The van der Waals surface area contributed by atoms with Crippen molar-refractivity contribution >= 4 is 5.91 Å². The summed E-state index contributed by atoms with van der Waals surface area (Å²) in [5.41, 5.74) is 3.19. The zero-order chi connectivity index (χ0) is 16.7.